The first-order valence-corrected chi connectivity index (χ1v) is 9.49. The Kier molecular flexibility index (Phi) is 3.71. The number of hydrogen-bond donors (Lipinski definition) is 1. The highest BCUT2D eigenvalue weighted by Crippen LogP contribution is 2.43. The Hall–Kier alpha value is -3.23. The van der Waals surface area contributed by atoms with E-state index in [9.17, 15) is 10.1 Å². The monoisotopic (exact) mass is 388 g/mol. The molecule has 2 aliphatic heterocycles. The molecule has 2 aromatic rings. The van der Waals surface area contributed by atoms with Gasteiger partial charge in [-0.3, -0.25) is 4.79 Å². The van der Waals surface area contributed by atoms with E-state index in [1.54, 1.807) is 17.8 Å². The van der Waals surface area contributed by atoms with Gasteiger partial charge in [-0.25, -0.2) is 0 Å². The molecule has 2 unspecified atom stereocenters. The molecule has 1 aliphatic carbocycles. The lowest BCUT2D eigenvalue weighted by atomic mass is 9.88. The van der Waals surface area contributed by atoms with Gasteiger partial charge < -0.3 is 14.8 Å². The quantitative estimate of drug-likeness (QED) is 0.813. The minimum Gasteiger partial charge on any atom is -0.369 e. The summed E-state index contributed by atoms with van der Waals surface area (Å²) < 4.78 is 1.58. The van der Waals surface area contributed by atoms with Crippen LogP contribution in [-0.4, -0.2) is 16.7 Å². The lowest BCUT2D eigenvalue weighted by molar-refractivity contribution is 0.568. The maximum atomic E-state index is 13.0. The summed E-state index contributed by atoms with van der Waals surface area (Å²) in [5.74, 6) is 0. The SMILES string of the molecule is Cn1ccc2c(c1=O)C1=C3C(=CN(c4ccc(Cl)cc4)C3CC(C#N)N1)C=C2. The maximum absolute atomic E-state index is 13.0. The fourth-order valence-corrected chi connectivity index (χ4v) is 4.35. The molecule has 0 spiro atoms. The zero-order valence-electron chi connectivity index (χ0n) is 15.2. The molecule has 0 bridgehead atoms. The van der Waals surface area contributed by atoms with Crippen LogP contribution in [-0.2, 0) is 7.05 Å². The molecular formula is C22H17ClN4O. The second-order valence-corrected chi connectivity index (χ2v) is 7.67. The first-order chi connectivity index (χ1) is 13.6. The number of aromatic nitrogens is 1. The summed E-state index contributed by atoms with van der Waals surface area (Å²) in [7, 11) is 1.75. The number of hydrogen-bond acceptors (Lipinski definition) is 4. The average molecular weight is 389 g/mol. The van der Waals surface area contributed by atoms with E-state index >= 15 is 0 Å². The number of nitriles is 1. The smallest absolute Gasteiger partial charge is 0.260 e. The van der Waals surface area contributed by atoms with Crippen molar-refractivity contribution in [1.29, 1.82) is 5.26 Å². The fourth-order valence-electron chi connectivity index (χ4n) is 4.22. The lowest BCUT2D eigenvalue weighted by Gasteiger charge is -2.34. The summed E-state index contributed by atoms with van der Waals surface area (Å²) in [5, 5.41) is 13.7. The van der Waals surface area contributed by atoms with E-state index in [2.05, 4.69) is 28.6 Å². The number of rotatable bonds is 1. The summed E-state index contributed by atoms with van der Waals surface area (Å²) in [6, 6.07) is 11.6. The number of nitrogens with zero attached hydrogens (tertiary/aromatic N) is 3. The summed E-state index contributed by atoms with van der Waals surface area (Å²) in [6.07, 6.45) is 8.53. The van der Waals surface area contributed by atoms with E-state index in [1.807, 2.05) is 36.4 Å². The Morgan fingerprint density at radius 3 is 2.75 bits per heavy atom. The highest BCUT2D eigenvalue weighted by atomic mass is 35.5. The van der Waals surface area contributed by atoms with Crippen LogP contribution in [0, 0.1) is 11.3 Å². The van der Waals surface area contributed by atoms with Gasteiger partial charge in [0.2, 0.25) is 0 Å². The van der Waals surface area contributed by atoms with Gasteiger partial charge in [0.1, 0.15) is 6.04 Å². The molecule has 2 atom stereocenters. The molecule has 138 valence electrons. The van der Waals surface area contributed by atoms with Crippen molar-refractivity contribution < 1.29 is 0 Å². The first-order valence-electron chi connectivity index (χ1n) is 9.11. The van der Waals surface area contributed by atoms with Crippen LogP contribution < -0.4 is 15.8 Å². The van der Waals surface area contributed by atoms with Gasteiger partial charge in [0, 0.05) is 42.1 Å². The predicted octanol–water partition coefficient (Wildman–Crippen LogP) is 3.43. The zero-order valence-corrected chi connectivity index (χ0v) is 15.9. The zero-order chi connectivity index (χ0) is 19.4. The third kappa shape index (κ3) is 2.42. The van der Waals surface area contributed by atoms with Crippen LogP contribution in [0.2, 0.25) is 5.02 Å². The summed E-state index contributed by atoms with van der Waals surface area (Å²) in [5.41, 5.74) is 5.32. The largest absolute Gasteiger partial charge is 0.369 e. The van der Waals surface area contributed by atoms with Crippen molar-refractivity contribution in [2.24, 2.45) is 7.05 Å². The molecule has 0 radical (unpaired) electrons. The molecule has 5 nitrogen and oxygen atoms in total. The topological polar surface area (TPSA) is 61.1 Å². The first kappa shape index (κ1) is 16.9. The van der Waals surface area contributed by atoms with E-state index in [0.717, 1.165) is 28.1 Å². The van der Waals surface area contributed by atoms with Gasteiger partial charge in [0.05, 0.1) is 23.4 Å². The lowest BCUT2D eigenvalue weighted by Crippen LogP contribution is -2.43. The van der Waals surface area contributed by atoms with Gasteiger partial charge in [0.15, 0.2) is 0 Å². The van der Waals surface area contributed by atoms with Gasteiger partial charge in [0.25, 0.3) is 5.56 Å². The number of nitrogens with one attached hydrogen (secondary N) is 1. The van der Waals surface area contributed by atoms with Gasteiger partial charge >= 0.3 is 0 Å². The van der Waals surface area contributed by atoms with Gasteiger partial charge in [-0.2, -0.15) is 5.26 Å². The third-order valence-electron chi connectivity index (χ3n) is 5.58. The molecular weight excluding hydrogens is 372 g/mol. The second-order valence-electron chi connectivity index (χ2n) is 7.23. The maximum Gasteiger partial charge on any atom is 0.260 e. The summed E-state index contributed by atoms with van der Waals surface area (Å²) in [4.78, 5) is 15.1. The van der Waals surface area contributed by atoms with Crippen molar-refractivity contribution in [3.63, 3.8) is 0 Å². The Morgan fingerprint density at radius 2 is 2.00 bits per heavy atom. The van der Waals surface area contributed by atoms with Crippen LogP contribution in [0.25, 0.3) is 11.8 Å². The van der Waals surface area contributed by atoms with Crippen molar-refractivity contribution in [3.05, 3.63) is 86.5 Å². The van der Waals surface area contributed by atoms with Crippen molar-refractivity contribution >= 4 is 29.1 Å². The molecule has 1 N–H and O–H groups in total. The number of anilines is 1. The Bertz CT molecular complexity index is 1180. The van der Waals surface area contributed by atoms with Crippen LogP contribution in [0.1, 0.15) is 17.5 Å². The minimum atomic E-state index is -0.373. The van der Waals surface area contributed by atoms with Crippen LogP contribution in [0.3, 0.4) is 0 Å². The van der Waals surface area contributed by atoms with Crippen molar-refractivity contribution in [1.82, 2.24) is 9.88 Å². The normalized spacial score (nSPS) is 22.0. The Morgan fingerprint density at radius 1 is 1.21 bits per heavy atom. The number of fused-ring (bicyclic) bond motifs is 2. The molecule has 1 aromatic carbocycles. The highest BCUT2D eigenvalue weighted by Gasteiger charge is 2.40. The van der Waals surface area contributed by atoms with E-state index in [-0.39, 0.29) is 17.6 Å². The summed E-state index contributed by atoms with van der Waals surface area (Å²) >= 11 is 6.06. The molecule has 28 heavy (non-hydrogen) atoms. The molecule has 1 aromatic heterocycles. The van der Waals surface area contributed by atoms with E-state index < -0.39 is 0 Å². The van der Waals surface area contributed by atoms with Crippen molar-refractivity contribution in [2.75, 3.05) is 4.90 Å². The molecule has 3 heterocycles. The molecule has 0 saturated carbocycles. The van der Waals surface area contributed by atoms with Crippen LogP contribution in [0.4, 0.5) is 5.69 Å². The molecule has 0 amide bonds. The average Bonchev–Trinajstić information content (AvgIpc) is 2.99. The van der Waals surface area contributed by atoms with E-state index in [1.165, 1.54) is 0 Å². The van der Waals surface area contributed by atoms with Gasteiger partial charge in [-0.05, 0) is 41.5 Å². The Balaban J connectivity index is 1.75. The van der Waals surface area contributed by atoms with Crippen LogP contribution in [0.15, 0.2) is 64.7 Å². The van der Waals surface area contributed by atoms with E-state index in [4.69, 9.17) is 11.6 Å². The summed E-state index contributed by atoms with van der Waals surface area (Å²) in [6.45, 7) is 0. The molecule has 0 fully saturated rings. The number of benzene rings is 1. The fraction of sp³-hybridized carbons (Fsp3) is 0.182. The van der Waals surface area contributed by atoms with E-state index in [0.29, 0.717) is 17.0 Å². The number of allylic oxidation sites excluding steroid dienone is 1. The second kappa shape index (κ2) is 6.15. The number of halogens is 1. The van der Waals surface area contributed by atoms with Gasteiger partial charge in [-0.1, -0.05) is 23.8 Å². The molecule has 5 rings (SSSR count). The Labute approximate surface area is 167 Å². The van der Waals surface area contributed by atoms with Crippen LogP contribution >= 0.6 is 11.6 Å². The third-order valence-corrected chi connectivity index (χ3v) is 5.83. The highest BCUT2D eigenvalue weighted by molar-refractivity contribution is 6.30. The van der Waals surface area contributed by atoms with Gasteiger partial charge in [-0.15, -0.1) is 0 Å². The molecule has 3 aliphatic rings. The van der Waals surface area contributed by atoms with Crippen molar-refractivity contribution in [2.45, 2.75) is 18.5 Å². The number of pyridine rings is 1. The van der Waals surface area contributed by atoms with Crippen LogP contribution in [0.5, 0.6) is 0 Å². The molecule has 0 saturated heterocycles. The minimum absolute atomic E-state index is 0.0161. The standard InChI is InChI=1S/C22H17ClN4O/c1-26-9-8-13-2-3-14-12-27(17-6-4-15(23)5-7-17)18-10-16(11-24)25-21(19(14)18)20(13)22(26)28/h2-9,12,16,18,25H,10H2,1H3. The van der Waals surface area contributed by atoms with Crippen molar-refractivity contribution in [3.8, 4) is 6.07 Å². The molecule has 6 heteroatoms. The predicted molar refractivity (Wildman–Crippen MR) is 111 cm³/mol. The number of aryl methyl sites for hydroxylation is 1.